The predicted octanol–water partition coefficient (Wildman–Crippen LogP) is 3.29. The summed E-state index contributed by atoms with van der Waals surface area (Å²) in [6.45, 7) is 4.58. The van der Waals surface area contributed by atoms with Crippen LogP contribution in [0, 0.1) is 0 Å². The van der Waals surface area contributed by atoms with Crippen LogP contribution in [0.3, 0.4) is 0 Å². The van der Waals surface area contributed by atoms with Gasteiger partial charge in [-0.3, -0.25) is 9.82 Å². The Kier molecular flexibility index (Phi) is 6.68. The molecule has 8 nitrogen and oxygen atoms in total. The van der Waals surface area contributed by atoms with Crippen LogP contribution < -0.4 is 14.8 Å². The molecule has 1 saturated carbocycles. The van der Waals surface area contributed by atoms with Gasteiger partial charge in [-0.1, -0.05) is 12.1 Å². The summed E-state index contributed by atoms with van der Waals surface area (Å²) < 4.78 is 32.4. The van der Waals surface area contributed by atoms with Crippen LogP contribution in [0.2, 0.25) is 0 Å². The lowest BCUT2D eigenvalue weighted by Crippen LogP contribution is -2.26. The largest absolute Gasteiger partial charge is 0.492 e. The molecular weight excluding hydrogens is 428 g/mol. The summed E-state index contributed by atoms with van der Waals surface area (Å²) in [5, 5.41) is 21.8. The number of aliphatic hydroxyl groups excluding tert-OH is 1. The number of aromatic nitrogens is 2. The maximum atomic E-state index is 12.0. The molecule has 2 aromatic carbocycles. The molecule has 9 heteroatoms. The molecular formula is C23H30N4O4S. The summed E-state index contributed by atoms with van der Waals surface area (Å²) in [7, 11) is -3.43. The Balaban J connectivity index is 1.23. The number of H-pyrrole nitrogens is 1. The van der Waals surface area contributed by atoms with Crippen LogP contribution in [0.4, 0.5) is 5.69 Å². The number of hydrogen-bond acceptors (Lipinski definition) is 6. The quantitative estimate of drug-likeness (QED) is 0.328. The van der Waals surface area contributed by atoms with E-state index in [4.69, 9.17) is 4.74 Å². The van der Waals surface area contributed by atoms with Crippen LogP contribution in [0.5, 0.6) is 5.75 Å². The molecule has 0 bridgehead atoms. The molecule has 3 aromatic rings. The zero-order valence-corrected chi connectivity index (χ0v) is 19.2. The van der Waals surface area contributed by atoms with Crippen LogP contribution in [-0.4, -0.2) is 48.7 Å². The van der Waals surface area contributed by atoms with E-state index in [1.54, 1.807) is 38.1 Å². The summed E-state index contributed by atoms with van der Waals surface area (Å²) in [5.74, 6) is 1.37. The Morgan fingerprint density at radius 1 is 1.22 bits per heavy atom. The monoisotopic (exact) mass is 458 g/mol. The number of fused-ring (bicyclic) bond motifs is 1. The Morgan fingerprint density at radius 2 is 2.03 bits per heavy atom. The third-order valence-electron chi connectivity index (χ3n) is 5.57. The number of nitrogens with zero attached hydrogens (tertiary/aromatic N) is 1. The number of aliphatic hydroxyl groups is 1. The smallest absolute Gasteiger partial charge is 0.235 e. The highest BCUT2D eigenvalue weighted by molar-refractivity contribution is 7.93. The topological polar surface area (TPSA) is 116 Å². The van der Waals surface area contributed by atoms with E-state index < -0.39 is 21.4 Å². The molecule has 1 aliphatic carbocycles. The fourth-order valence-corrected chi connectivity index (χ4v) is 4.16. The molecule has 172 valence electrons. The summed E-state index contributed by atoms with van der Waals surface area (Å²) >= 11 is 0. The van der Waals surface area contributed by atoms with Gasteiger partial charge in [0.2, 0.25) is 10.0 Å². The number of benzene rings is 2. The fourth-order valence-electron chi connectivity index (χ4n) is 3.47. The molecule has 0 radical (unpaired) electrons. The first-order chi connectivity index (χ1) is 15.3. The minimum absolute atomic E-state index is 0.327. The average molecular weight is 459 g/mol. The summed E-state index contributed by atoms with van der Waals surface area (Å²) in [4.78, 5) is 0. The van der Waals surface area contributed by atoms with Crippen molar-refractivity contribution < 1.29 is 18.3 Å². The van der Waals surface area contributed by atoms with E-state index in [1.807, 2.05) is 12.1 Å². The normalized spacial score (nSPS) is 15.2. The van der Waals surface area contributed by atoms with Crippen molar-refractivity contribution in [2.45, 2.75) is 44.0 Å². The van der Waals surface area contributed by atoms with Gasteiger partial charge in [0.15, 0.2) is 0 Å². The van der Waals surface area contributed by atoms with Crippen molar-refractivity contribution >= 4 is 26.6 Å². The van der Waals surface area contributed by atoms with Gasteiger partial charge in [0.05, 0.1) is 22.6 Å². The first-order valence-corrected chi connectivity index (χ1v) is 12.5. The van der Waals surface area contributed by atoms with E-state index in [0.717, 1.165) is 17.0 Å². The third kappa shape index (κ3) is 5.40. The standard InChI is InChI=1S/C23H30N4O4S/c1-15(2)32(29,30)27-18-5-3-4-17(12-18)22(28)14-24-10-11-31-19-8-9-20-21(13-19)25-26-23(20)16-6-7-16/h3-5,8-9,12-13,15-16,22,24,27-28H,6-7,10-11,14H2,1-2H3,(H,25,26)/t22-/m0/s1. The maximum Gasteiger partial charge on any atom is 0.235 e. The van der Waals surface area contributed by atoms with Crippen molar-refractivity contribution in [3.05, 3.63) is 53.7 Å². The van der Waals surface area contributed by atoms with E-state index in [-0.39, 0.29) is 0 Å². The lowest BCUT2D eigenvalue weighted by atomic mass is 10.1. The SMILES string of the molecule is CC(C)S(=O)(=O)Nc1cccc([C@@H](O)CNCCOc2ccc3c(C4CC4)n[nH]c3c2)c1. The molecule has 0 aliphatic heterocycles. The minimum atomic E-state index is -3.43. The van der Waals surface area contributed by atoms with Crippen LogP contribution in [0.1, 0.15) is 50.0 Å². The van der Waals surface area contributed by atoms with Gasteiger partial charge in [0, 0.05) is 36.1 Å². The second kappa shape index (κ2) is 9.48. The second-order valence-electron chi connectivity index (χ2n) is 8.48. The Hall–Kier alpha value is -2.62. The number of rotatable bonds is 11. The molecule has 0 saturated heterocycles. The lowest BCUT2D eigenvalue weighted by molar-refractivity contribution is 0.172. The minimum Gasteiger partial charge on any atom is -0.492 e. The maximum absolute atomic E-state index is 12.0. The summed E-state index contributed by atoms with van der Waals surface area (Å²) in [6.07, 6.45) is 1.67. The van der Waals surface area contributed by atoms with Crippen molar-refractivity contribution in [2.24, 2.45) is 0 Å². The molecule has 32 heavy (non-hydrogen) atoms. The Labute approximate surface area is 188 Å². The number of ether oxygens (including phenoxy) is 1. The van der Waals surface area contributed by atoms with Crippen molar-refractivity contribution in [2.75, 3.05) is 24.4 Å². The highest BCUT2D eigenvalue weighted by atomic mass is 32.2. The second-order valence-corrected chi connectivity index (χ2v) is 10.7. The molecule has 1 heterocycles. The fraction of sp³-hybridized carbons (Fsp3) is 0.435. The molecule has 1 atom stereocenters. The van der Waals surface area contributed by atoms with Gasteiger partial charge in [0.1, 0.15) is 12.4 Å². The number of nitrogens with one attached hydrogen (secondary N) is 3. The van der Waals surface area contributed by atoms with E-state index in [9.17, 15) is 13.5 Å². The van der Waals surface area contributed by atoms with Gasteiger partial charge < -0.3 is 15.2 Å². The molecule has 4 rings (SSSR count). The van der Waals surface area contributed by atoms with Crippen molar-refractivity contribution in [3.63, 3.8) is 0 Å². The summed E-state index contributed by atoms with van der Waals surface area (Å²) in [5.41, 5.74) is 3.22. The molecule has 1 aromatic heterocycles. The van der Waals surface area contributed by atoms with Gasteiger partial charge in [-0.05, 0) is 56.5 Å². The highest BCUT2D eigenvalue weighted by Gasteiger charge is 2.27. The molecule has 1 fully saturated rings. The van der Waals surface area contributed by atoms with Crippen molar-refractivity contribution in [1.82, 2.24) is 15.5 Å². The van der Waals surface area contributed by atoms with Crippen LogP contribution >= 0.6 is 0 Å². The zero-order chi connectivity index (χ0) is 22.7. The number of anilines is 1. The number of hydrogen-bond donors (Lipinski definition) is 4. The average Bonchev–Trinajstić information content (AvgIpc) is 3.52. The summed E-state index contributed by atoms with van der Waals surface area (Å²) in [6, 6.07) is 12.8. The highest BCUT2D eigenvalue weighted by Crippen LogP contribution is 2.42. The van der Waals surface area contributed by atoms with Gasteiger partial charge >= 0.3 is 0 Å². The van der Waals surface area contributed by atoms with Crippen molar-refractivity contribution in [1.29, 1.82) is 0 Å². The molecule has 1 aliphatic rings. The zero-order valence-electron chi connectivity index (χ0n) is 18.3. The van der Waals surface area contributed by atoms with Gasteiger partial charge in [0.25, 0.3) is 0 Å². The third-order valence-corrected chi connectivity index (χ3v) is 7.33. The molecule has 0 unspecified atom stereocenters. The van der Waals surface area contributed by atoms with E-state index in [2.05, 4.69) is 26.3 Å². The van der Waals surface area contributed by atoms with Gasteiger partial charge in [-0.2, -0.15) is 5.10 Å². The van der Waals surface area contributed by atoms with Crippen LogP contribution in [0.15, 0.2) is 42.5 Å². The van der Waals surface area contributed by atoms with Crippen LogP contribution in [-0.2, 0) is 10.0 Å². The number of sulfonamides is 1. The van der Waals surface area contributed by atoms with E-state index in [1.165, 1.54) is 18.2 Å². The van der Waals surface area contributed by atoms with Gasteiger partial charge in [-0.25, -0.2) is 8.42 Å². The van der Waals surface area contributed by atoms with E-state index in [0.29, 0.717) is 36.9 Å². The predicted molar refractivity (Wildman–Crippen MR) is 126 cm³/mol. The first kappa shape index (κ1) is 22.6. The molecule has 0 amide bonds. The van der Waals surface area contributed by atoms with Crippen LogP contribution in [0.25, 0.3) is 10.9 Å². The molecule has 4 N–H and O–H groups in total. The lowest BCUT2D eigenvalue weighted by Gasteiger charge is -2.15. The van der Waals surface area contributed by atoms with Crippen molar-refractivity contribution in [3.8, 4) is 5.75 Å². The van der Waals surface area contributed by atoms with E-state index >= 15 is 0 Å². The van der Waals surface area contributed by atoms with Gasteiger partial charge in [-0.15, -0.1) is 0 Å². The first-order valence-electron chi connectivity index (χ1n) is 10.9. The Bertz CT molecular complexity index is 1170. The molecule has 0 spiro atoms. The Morgan fingerprint density at radius 3 is 2.78 bits per heavy atom. The number of aromatic amines is 1.